The number of halogens is 1. The highest BCUT2D eigenvalue weighted by Gasteiger charge is 2.24. The van der Waals surface area contributed by atoms with Crippen LogP contribution in [0.1, 0.15) is 43.7 Å². The van der Waals surface area contributed by atoms with Gasteiger partial charge in [0.05, 0.1) is 7.11 Å². The van der Waals surface area contributed by atoms with Gasteiger partial charge in [-0.1, -0.05) is 53.9 Å². The van der Waals surface area contributed by atoms with Gasteiger partial charge in [-0.3, -0.25) is 4.79 Å². The van der Waals surface area contributed by atoms with E-state index >= 15 is 0 Å². The van der Waals surface area contributed by atoms with Gasteiger partial charge in [0.2, 0.25) is 0 Å². The number of nitrogens with one attached hydrogen (secondary N) is 1. The zero-order valence-electron chi connectivity index (χ0n) is 17.9. The minimum absolute atomic E-state index is 0.0864. The van der Waals surface area contributed by atoms with Crippen molar-refractivity contribution in [3.8, 4) is 17.6 Å². The van der Waals surface area contributed by atoms with Gasteiger partial charge in [-0.25, -0.2) is 0 Å². The topological polar surface area (TPSA) is 71.3 Å². The van der Waals surface area contributed by atoms with Crippen molar-refractivity contribution in [2.24, 2.45) is 5.92 Å². The van der Waals surface area contributed by atoms with E-state index in [1.165, 1.54) is 6.42 Å². The Kier molecular flexibility index (Phi) is 8.13. The molecule has 0 spiro atoms. The number of carbonyl (C=O) groups excluding carboxylic acids is 1. The summed E-state index contributed by atoms with van der Waals surface area (Å²) in [4.78, 5) is 12.6. The predicted octanol–water partition coefficient (Wildman–Crippen LogP) is 5.64. The van der Waals surface area contributed by atoms with Crippen LogP contribution < -0.4 is 14.8 Å². The molecule has 1 saturated carbocycles. The molecular formula is C25H27BrN2O3. The molecule has 0 saturated heterocycles. The van der Waals surface area contributed by atoms with Gasteiger partial charge in [0.25, 0.3) is 5.91 Å². The Balaban J connectivity index is 1.70. The van der Waals surface area contributed by atoms with E-state index in [2.05, 4.69) is 28.2 Å². The number of nitrogens with zero attached hydrogens (tertiary/aromatic N) is 1. The number of hydrogen-bond donors (Lipinski definition) is 1. The molecule has 0 radical (unpaired) electrons. The molecule has 2 aromatic carbocycles. The van der Waals surface area contributed by atoms with Crippen molar-refractivity contribution >= 4 is 27.9 Å². The summed E-state index contributed by atoms with van der Waals surface area (Å²) in [5, 5.41) is 12.6. The average molecular weight is 483 g/mol. The number of benzene rings is 2. The molecule has 0 heterocycles. The Bertz CT molecular complexity index is 979. The van der Waals surface area contributed by atoms with Crippen molar-refractivity contribution in [2.75, 3.05) is 7.11 Å². The highest BCUT2D eigenvalue weighted by atomic mass is 79.9. The number of amides is 1. The highest BCUT2D eigenvalue weighted by molar-refractivity contribution is 9.10. The number of methoxy groups -OCH3 is 1. The minimum Gasteiger partial charge on any atom is -0.493 e. The summed E-state index contributed by atoms with van der Waals surface area (Å²) in [5.41, 5.74) is 1.83. The fourth-order valence-electron chi connectivity index (χ4n) is 3.73. The second-order valence-electron chi connectivity index (χ2n) is 7.84. The van der Waals surface area contributed by atoms with Crippen LogP contribution in [-0.4, -0.2) is 19.1 Å². The van der Waals surface area contributed by atoms with Crippen molar-refractivity contribution in [3.05, 3.63) is 63.6 Å². The summed E-state index contributed by atoms with van der Waals surface area (Å²) in [6.07, 6.45) is 5.97. The fourth-order valence-corrected chi connectivity index (χ4v) is 3.99. The molecule has 0 aromatic heterocycles. The Morgan fingerprint density at radius 2 is 1.94 bits per heavy atom. The first-order valence-electron chi connectivity index (χ1n) is 10.5. The third kappa shape index (κ3) is 6.35. The van der Waals surface area contributed by atoms with Gasteiger partial charge in [-0.2, -0.15) is 5.26 Å². The maximum absolute atomic E-state index is 12.6. The standard InChI is InChI=1S/C25H27BrN2O3/c1-17-5-3-4-6-22(17)28-25(29)20(15-27)13-19-9-12-23(24(14-19)30-2)31-16-18-7-10-21(26)11-8-18/h7-14,17,22H,3-6,16H2,1-2H3,(H,28,29)/b20-13+/t17-,22-/m0/s1. The van der Waals surface area contributed by atoms with Gasteiger partial charge in [0.1, 0.15) is 18.2 Å². The largest absolute Gasteiger partial charge is 0.493 e. The van der Waals surface area contributed by atoms with E-state index in [0.717, 1.165) is 29.3 Å². The van der Waals surface area contributed by atoms with Gasteiger partial charge in [-0.15, -0.1) is 0 Å². The summed E-state index contributed by atoms with van der Waals surface area (Å²) in [6, 6.07) is 15.4. The van der Waals surface area contributed by atoms with E-state index in [9.17, 15) is 10.1 Å². The summed E-state index contributed by atoms with van der Waals surface area (Å²) in [7, 11) is 1.57. The first-order valence-corrected chi connectivity index (χ1v) is 11.3. The quantitative estimate of drug-likeness (QED) is 0.409. The molecule has 162 valence electrons. The summed E-state index contributed by atoms with van der Waals surface area (Å²) in [5.74, 6) is 1.25. The molecule has 0 aliphatic heterocycles. The molecule has 6 heteroatoms. The molecule has 0 bridgehead atoms. The molecule has 5 nitrogen and oxygen atoms in total. The zero-order valence-corrected chi connectivity index (χ0v) is 19.4. The molecule has 2 atom stereocenters. The second kappa shape index (κ2) is 11.0. The summed E-state index contributed by atoms with van der Waals surface area (Å²) < 4.78 is 12.4. The van der Waals surface area contributed by atoms with Crippen LogP contribution in [0.15, 0.2) is 52.5 Å². The predicted molar refractivity (Wildman–Crippen MR) is 125 cm³/mol. The molecule has 31 heavy (non-hydrogen) atoms. The number of rotatable bonds is 7. The maximum atomic E-state index is 12.6. The lowest BCUT2D eigenvalue weighted by Gasteiger charge is -2.29. The number of carbonyl (C=O) groups is 1. The van der Waals surface area contributed by atoms with Crippen molar-refractivity contribution in [1.29, 1.82) is 5.26 Å². The molecule has 1 amide bonds. The molecule has 0 unspecified atom stereocenters. The van der Waals surface area contributed by atoms with E-state index in [1.54, 1.807) is 25.3 Å². The highest BCUT2D eigenvalue weighted by Crippen LogP contribution is 2.30. The van der Waals surface area contributed by atoms with Crippen molar-refractivity contribution in [2.45, 2.75) is 45.3 Å². The van der Waals surface area contributed by atoms with Crippen LogP contribution in [0.3, 0.4) is 0 Å². The van der Waals surface area contributed by atoms with Gasteiger partial charge in [-0.05, 0) is 60.2 Å². The maximum Gasteiger partial charge on any atom is 0.262 e. The van der Waals surface area contributed by atoms with Gasteiger partial charge >= 0.3 is 0 Å². The Labute approximate surface area is 192 Å². The first-order chi connectivity index (χ1) is 15.0. The van der Waals surface area contributed by atoms with E-state index in [-0.39, 0.29) is 17.5 Å². The van der Waals surface area contributed by atoms with Gasteiger partial charge < -0.3 is 14.8 Å². The molecule has 1 fully saturated rings. The molecule has 1 aliphatic rings. The second-order valence-corrected chi connectivity index (χ2v) is 8.75. The molecule has 1 N–H and O–H groups in total. The van der Waals surface area contributed by atoms with E-state index in [1.807, 2.05) is 36.4 Å². The SMILES string of the molecule is COc1cc(/C=C(\C#N)C(=O)N[C@H]2CCCC[C@@H]2C)ccc1OCc1ccc(Br)cc1. The van der Waals surface area contributed by atoms with Crippen LogP contribution in [0.5, 0.6) is 11.5 Å². The Morgan fingerprint density at radius 1 is 1.19 bits per heavy atom. The smallest absolute Gasteiger partial charge is 0.262 e. The van der Waals surface area contributed by atoms with Crippen molar-refractivity contribution in [1.82, 2.24) is 5.32 Å². The van der Waals surface area contributed by atoms with Crippen LogP contribution in [-0.2, 0) is 11.4 Å². The lowest BCUT2D eigenvalue weighted by Crippen LogP contribution is -2.41. The zero-order chi connectivity index (χ0) is 22.2. The molecule has 3 rings (SSSR count). The lowest BCUT2D eigenvalue weighted by molar-refractivity contribution is -0.118. The third-order valence-electron chi connectivity index (χ3n) is 5.60. The number of hydrogen-bond acceptors (Lipinski definition) is 4. The van der Waals surface area contributed by atoms with Crippen molar-refractivity contribution < 1.29 is 14.3 Å². The van der Waals surface area contributed by atoms with Crippen LogP contribution in [0, 0.1) is 17.2 Å². The van der Waals surface area contributed by atoms with Crippen LogP contribution >= 0.6 is 15.9 Å². The molecular weight excluding hydrogens is 456 g/mol. The minimum atomic E-state index is -0.323. The average Bonchev–Trinajstić information content (AvgIpc) is 2.78. The van der Waals surface area contributed by atoms with Crippen LogP contribution in [0.25, 0.3) is 6.08 Å². The Morgan fingerprint density at radius 3 is 2.61 bits per heavy atom. The number of nitriles is 1. The van der Waals surface area contributed by atoms with Crippen LogP contribution in [0.2, 0.25) is 0 Å². The summed E-state index contributed by atoms with van der Waals surface area (Å²) in [6.45, 7) is 2.56. The normalized spacial score (nSPS) is 18.7. The molecule has 1 aliphatic carbocycles. The van der Waals surface area contributed by atoms with Gasteiger partial charge in [0.15, 0.2) is 11.5 Å². The van der Waals surface area contributed by atoms with Crippen LogP contribution in [0.4, 0.5) is 0 Å². The van der Waals surface area contributed by atoms with E-state index in [4.69, 9.17) is 9.47 Å². The fraction of sp³-hybridized carbons (Fsp3) is 0.360. The monoisotopic (exact) mass is 482 g/mol. The van der Waals surface area contributed by atoms with Gasteiger partial charge in [0, 0.05) is 10.5 Å². The third-order valence-corrected chi connectivity index (χ3v) is 6.13. The van der Waals surface area contributed by atoms with Crippen molar-refractivity contribution in [3.63, 3.8) is 0 Å². The molecule has 2 aromatic rings. The summed E-state index contributed by atoms with van der Waals surface area (Å²) >= 11 is 3.42. The Hall–Kier alpha value is -2.78. The first kappa shape index (κ1) is 22.9. The van der Waals surface area contributed by atoms with E-state index in [0.29, 0.717) is 29.6 Å². The lowest BCUT2D eigenvalue weighted by atomic mass is 9.86. The van der Waals surface area contributed by atoms with E-state index < -0.39 is 0 Å². The number of ether oxygens (including phenoxy) is 2.